The van der Waals surface area contributed by atoms with Crippen LogP contribution in [0.5, 0.6) is 0 Å². The van der Waals surface area contributed by atoms with Gasteiger partial charge in [0.25, 0.3) is 5.91 Å². The van der Waals surface area contributed by atoms with Crippen molar-refractivity contribution in [2.45, 2.75) is 25.2 Å². The van der Waals surface area contributed by atoms with Crippen molar-refractivity contribution in [1.29, 1.82) is 0 Å². The molecule has 1 aromatic carbocycles. The number of pyridine rings is 3. The standard InChI is InChI=1S/C26H23F2N5O2/c27-26(28)11-15-6-8-33(13-16(15)12-26)25-17(9-14-3-1-2-4-18(14)32-25)20-10-21(34)22-19(31-20)5-7-30-23(22)24(29)35/h1-5,7,9-10,15-16H,6,8,11-13H2,(H2,29,35)(H,31,34)/t15-,16+/m1/s1. The molecular formula is C26H23F2N5O2. The largest absolute Gasteiger partial charge is 0.364 e. The van der Waals surface area contributed by atoms with Gasteiger partial charge in [-0.1, -0.05) is 18.2 Å². The van der Waals surface area contributed by atoms with Crippen molar-refractivity contribution >= 4 is 33.5 Å². The van der Waals surface area contributed by atoms with Gasteiger partial charge in [0, 0.05) is 49.1 Å². The Bertz CT molecular complexity index is 1550. The summed E-state index contributed by atoms with van der Waals surface area (Å²) in [4.78, 5) is 39.1. The van der Waals surface area contributed by atoms with Gasteiger partial charge in [-0.2, -0.15) is 0 Å². The molecule has 1 saturated heterocycles. The molecule has 0 bridgehead atoms. The number of primary amides is 1. The van der Waals surface area contributed by atoms with Crippen LogP contribution in [0.15, 0.2) is 53.5 Å². The van der Waals surface area contributed by atoms with Gasteiger partial charge >= 0.3 is 0 Å². The van der Waals surface area contributed by atoms with Crippen molar-refractivity contribution in [1.82, 2.24) is 15.0 Å². The second kappa shape index (κ2) is 7.83. The first-order valence-electron chi connectivity index (χ1n) is 11.6. The van der Waals surface area contributed by atoms with Crippen LogP contribution in [0.4, 0.5) is 14.6 Å². The molecule has 178 valence electrons. The third-order valence-corrected chi connectivity index (χ3v) is 7.28. The number of hydrogen-bond donors (Lipinski definition) is 2. The number of hydrogen-bond acceptors (Lipinski definition) is 5. The highest BCUT2D eigenvalue weighted by Gasteiger charge is 2.48. The third kappa shape index (κ3) is 3.71. The highest BCUT2D eigenvalue weighted by Crippen LogP contribution is 2.48. The predicted octanol–water partition coefficient (Wildman–Crippen LogP) is 4.11. The van der Waals surface area contributed by atoms with E-state index < -0.39 is 11.8 Å². The molecule has 1 aliphatic heterocycles. The molecule has 35 heavy (non-hydrogen) atoms. The average molecular weight is 475 g/mol. The van der Waals surface area contributed by atoms with Crippen LogP contribution in [-0.4, -0.2) is 39.9 Å². The van der Waals surface area contributed by atoms with Crippen LogP contribution in [0, 0.1) is 11.8 Å². The molecule has 9 heteroatoms. The van der Waals surface area contributed by atoms with Gasteiger partial charge in [-0.3, -0.25) is 14.6 Å². The van der Waals surface area contributed by atoms with Gasteiger partial charge in [0.05, 0.1) is 22.1 Å². The minimum Gasteiger partial charge on any atom is -0.364 e. The summed E-state index contributed by atoms with van der Waals surface area (Å²) in [5, 5.41) is 1.02. The van der Waals surface area contributed by atoms with Gasteiger partial charge in [-0.05, 0) is 36.5 Å². The average Bonchev–Trinajstić information content (AvgIpc) is 3.15. The lowest BCUT2D eigenvalue weighted by Gasteiger charge is -2.36. The van der Waals surface area contributed by atoms with E-state index in [0.29, 0.717) is 42.1 Å². The summed E-state index contributed by atoms with van der Waals surface area (Å²) in [5.41, 5.74) is 7.39. The Balaban J connectivity index is 1.51. The highest BCUT2D eigenvalue weighted by molar-refractivity contribution is 6.04. The lowest BCUT2D eigenvalue weighted by atomic mass is 9.88. The number of aromatic amines is 1. The number of anilines is 1. The van der Waals surface area contributed by atoms with Crippen LogP contribution >= 0.6 is 0 Å². The topological polar surface area (TPSA) is 105 Å². The number of rotatable bonds is 3. The fraction of sp³-hybridized carbons (Fsp3) is 0.308. The summed E-state index contributed by atoms with van der Waals surface area (Å²) in [6, 6.07) is 12.7. The zero-order valence-corrected chi connectivity index (χ0v) is 18.8. The highest BCUT2D eigenvalue weighted by atomic mass is 19.3. The minimum absolute atomic E-state index is 0.0188. The second-order valence-electron chi connectivity index (χ2n) is 9.56. The minimum atomic E-state index is -2.61. The molecule has 1 aliphatic carbocycles. The van der Waals surface area contributed by atoms with Crippen LogP contribution < -0.4 is 16.1 Å². The Kier molecular flexibility index (Phi) is 4.84. The number of nitrogens with two attached hydrogens (primary N) is 1. The number of amides is 1. The van der Waals surface area contributed by atoms with E-state index in [1.807, 2.05) is 30.3 Å². The first-order valence-corrected chi connectivity index (χ1v) is 11.6. The number of carbonyl (C=O) groups excluding carboxylic acids is 1. The maximum atomic E-state index is 14.1. The number of nitrogens with one attached hydrogen (secondary N) is 1. The molecule has 3 N–H and O–H groups in total. The lowest BCUT2D eigenvalue weighted by molar-refractivity contribution is 0.00300. The fourth-order valence-corrected chi connectivity index (χ4v) is 5.70. The maximum Gasteiger partial charge on any atom is 0.268 e. The molecule has 0 radical (unpaired) electrons. The number of halogens is 2. The van der Waals surface area contributed by atoms with Crippen molar-refractivity contribution in [3.8, 4) is 11.3 Å². The molecule has 2 aliphatic rings. The van der Waals surface area contributed by atoms with Gasteiger partial charge in [0.2, 0.25) is 5.92 Å². The van der Waals surface area contributed by atoms with E-state index >= 15 is 0 Å². The second-order valence-corrected chi connectivity index (χ2v) is 9.56. The van der Waals surface area contributed by atoms with Gasteiger partial charge in [-0.25, -0.2) is 13.8 Å². The molecule has 0 spiro atoms. The predicted molar refractivity (Wildman–Crippen MR) is 130 cm³/mol. The van der Waals surface area contributed by atoms with Gasteiger partial charge in [-0.15, -0.1) is 0 Å². The Morgan fingerprint density at radius 2 is 1.94 bits per heavy atom. The number of aromatic nitrogens is 3. The number of alkyl halides is 2. The molecule has 7 nitrogen and oxygen atoms in total. The molecule has 6 rings (SSSR count). The zero-order valence-electron chi connectivity index (χ0n) is 18.8. The lowest BCUT2D eigenvalue weighted by Crippen LogP contribution is -2.39. The van der Waals surface area contributed by atoms with Gasteiger partial charge in [0.1, 0.15) is 11.5 Å². The molecule has 3 aromatic heterocycles. The summed E-state index contributed by atoms with van der Waals surface area (Å²) in [5.74, 6) is -2.82. The van der Waals surface area contributed by atoms with Crippen LogP contribution in [0.1, 0.15) is 29.8 Å². The van der Waals surface area contributed by atoms with E-state index in [4.69, 9.17) is 10.7 Å². The molecule has 1 amide bonds. The van der Waals surface area contributed by atoms with E-state index in [9.17, 15) is 18.4 Å². The zero-order chi connectivity index (χ0) is 24.3. The van der Waals surface area contributed by atoms with Crippen molar-refractivity contribution in [2.75, 3.05) is 18.0 Å². The van der Waals surface area contributed by atoms with E-state index in [1.165, 1.54) is 12.3 Å². The number of fused-ring (bicyclic) bond motifs is 3. The molecule has 4 aromatic rings. The number of nitrogens with zero attached hydrogens (tertiary/aromatic N) is 3. The summed E-state index contributed by atoms with van der Waals surface area (Å²) in [6.07, 6.45) is 1.95. The summed E-state index contributed by atoms with van der Waals surface area (Å²) in [7, 11) is 0. The van der Waals surface area contributed by atoms with E-state index in [1.54, 1.807) is 6.07 Å². The monoisotopic (exact) mass is 475 g/mol. The van der Waals surface area contributed by atoms with Crippen molar-refractivity contribution in [2.24, 2.45) is 17.6 Å². The van der Waals surface area contributed by atoms with Gasteiger partial charge in [0.15, 0.2) is 5.43 Å². The molecule has 2 atom stereocenters. The Labute approximate surface area is 199 Å². The van der Waals surface area contributed by atoms with Crippen LogP contribution in [0.3, 0.4) is 0 Å². The maximum absolute atomic E-state index is 14.1. The fourth-order valence-electron chi connectivity index (χ4n) is 5.70. The molecule has 1 saturated carbocycles. The van der Waals surface area contributed by atoms with E-state index in [-0.39, 0.29) is 41.2 Å². The smallest absolute Gasteiger partial charge is 0.268 e. The van der Waals surface area contributed by atoms with Crippen molar-refractivity contribution in [3.05, 3.63) is 64.6 Å². The third-order valence-electron chi connectivity index (χ3n) is 7.28. The number of carbonyl (C=O) groups is 1. The number of piperidine rings is 1. The quantitative estimate of drug-likeness (QED) is 0.464. The number of benzene rings is 1. The number of para-hydroxylation sites is 1. The molecular weight excluding hydrogens is 452 g/mol. The summed E-state index contributed by atoms with van der Waals surface area (Å²) >= 11 is 0. The first kappa shape index (κ1) is 21.6. The molecule has 4 heterocycles. The van der Waals surface area contributed by atoms with Crippen molar-refractivity contribution < 1.29 is 13.6 Å². The SMILES string of the molecule is NC(=O)c1nccc2[nH]c(-c3cc4ccccc4nc3N3CC[C@@H]4CC(F)(F)C[C@H]4C3)cc(=O)c12. The summed E-state index contributed by atoms with van der Waals surface area (Å²) < 4.78 is 28.2. The number of H-pyrrole nitrogens is 1. The summed E-state index contributed by atoms with van der Waals surface area (Å²) in [6.45, 7) is 1.11. The molecule has 0 unspecified atom stereocenters. The Morgan fingerprint density at radius 3 is 2.77 bits per heavy atom. The van der Waals surface area contributed by atoms with Crippen molar-refractivity contribution in [3.63, 3.8) is 0 Å². The normalized spacial score (nSPS) is 21.4. The Hall–Kier alpha value is -3.88. The van der Waals surface area contributed by atoms with Crippen LogP contribution in [-0.2, 0) is 0 Å². The first-order chi connectivity index (χ1) is 16.8. The Morgan fingerprint density at radius 1 is 1.14 bits per heavy atom. The van der Waals surface area contributed by atoms with Gasteiger partial charge < -0.3 is 15.6 Å². The van der Waals surface area contributed by atoms with Crippen LogP contribution in [0.25, 0.3) is 33.1 Å². The van der Waals surface area contributed by atoms with E-state index in [2.05, 4.69) is 14.9 Å². The molecule has 2 fully saturated rings. The van der Waals surface area contributed by atoms with Crippen LogP contribution in [0.2, 0.25) is 0 Å². The van der Waals surface area contributed by atoms with E-state index in [0.717, 1.165) is 10.9 Å².